The summed E-state index contributed by atoms with van der Waals surface area (Å²) >= 11 is 0. The molecule has 0 radical (unpaired) electrons. The molecule has 0 amide bonds. The standard InChI is InChI=1S/Hg.NO3/c;2-1(3)4/q+2;-1. The fourth-order valence-corrected chi connectivity index (χ4v) is 0. The first-order valence-electron chi connectivity index (χ1n) is 0.548. The SMILES string of the molecule is O=[N+]([O-])[O-].[Hg+2]. The van der Waals surface area contributed by atoms with Gasteiger partial charge in [0, 0.05) is 0 Å². The van der Waals surface area contributed by atoms with Crippen molar-refractivity contribution in [3.8, 4) is 0 Å². The van der Waals surface area contributed by atoms with E-state index in [0.29, 0.717) is 0 Å². The van der Waals surface area contributed by atoms with E-state index in [2.05, 4.69) is 0 Å². The van der Waals surface area contributed by atoms with E-state index < -0.39 is 5.09 Å². The molecule has 0 N–H and O–H groups in total. The van der Waals surface area contributed by atoms with Crippen LogP contribution in [0.5, 0.6) is 0 Å². The molecule has 0 saturated carbocycles. The third-order valence-electron chi connectivity index (χ3n) is 0. The number of hydrogen-bond donors (Lipinski definition) is 0. The van der Waals surface area contributed by atoms with Crippen LogP contribution in [0.2, 0.25) is 0 Å². The average Bonchev–Trinajstić information content (AvgIpc) is 0.811. The van der Waals surface area contributed by atoms with Gasteiger partial charge in [-0.25, -0.2) is 0 Å². The van der Waals surface area contributed by atoms with Gasteiger partial charge < -0.3 is 15.3 Å². The Balaban J connectivity index is 0. The van der Waals surface area contributed by atoms with E-state index in [9.17, 15) is 0 Å². The molecular formula is HgNO3+. The molecule has 0 unspecified atom stereocenters. The Hall–Kier alpha value is 0.135. The van der Waals surface area contributed by atoms with Gasteiger partial charge in [-0.3, -0.25) is 0 Å². The summed E-state index contributed by atoms with van der Waals surface area (Å²) in [7, 11) is 0. The van der Waals surface area contributed by atoms with Gasteiger partial charge in [0.1, 0.15) is 0 Å². The average molecular weight is 263 g/mol. The van der Waals surface area contributed by atoms with Crippen LogP contribution in [0.4, 0.5) is 0 Å². The molecule has 0 bridgehead atoms. The first kappa shape index (κ1) is 8.93. The van der Waals surface area contributed by atoms with Crippen LogP contribution in [0.3, 0.4) is 0 Å². The molecule has 0 aliphatic carbocycles. The summed E-state index contributed by atoms with van der Waals surface area (Å²) in [5, 5.41) is 14.8. The minimum absolute atomic E-state index is 0. The van der Waals surface area contributed by atoms with Gasteiger partial charge in [-0.05, 0) is 0 Å². The van der Waals surface area contributed by atoms with Gasteiger partial charge in [0.15, 0.2) is 0 Å². The first-order chi connectivity index (χ1) is 1.73. The van der Waals surface area contributed by atoms with E-state index in [1.54, 1.807) is 0 Å². The van der Waals surface area contributed by atoms with Crippen molar-refractivity contribution < 1.29 is 32.8 Å². The fraction of sp³-hybridized carbons (Fsp3) is 0. The van der Waals surface area contributed by atoms with Gasteiger partial charge in [0.05, 0.1) is 5.09 Å². The molecule has 0 aromatic carbocycles. The van der Waals surface area contributed by atoms with E-state index in [1.807, 2.05) is 0 Å². The van der Waals surface area contributed by atoms with Gasteiger partial charge in [-0.2, -0.15) is 0 Å². The van der Waals surface area contributed by atoms with Gasteiger partial charge in [0.2, 0.25) is 0 Å². The van der Waals surface area contributed by atoms with Gasteiger partial charge in [-0.1, -0.05) is 0 Å². The molecule has 0 aliphatic rings. The van der Waals surface area contributed by atoms with Crippen molar-refractivity contribution in [1.29, 1.82) is 0 Å². The summed E-state index contributed by atoms with van der Waals surface area (Å²) in [6.45, 7) is 0. The Morgan fingerprint density at radius 3 is 1.40 bits per heavy atom. The van der Waals surface area contributed by atoms with Gasteiger partial charge in [0.25, 0.3) is 0 Å². The molecule has 0 spiro atoms. The number of rotatable bonds is 0. The normalized spacial score (nSPS) is 4.80. The molecule has 0 atom stereocenters. The molecule has 0 fully saturated rings. The zero-order valence-electron chi connectivity index (χ0n) is 2.38. The predicted octanol–water partition coefficient (Wildman–Crippen LogP) is -0.242. The van der Waals surface area contributed by atoms with Crippen LogP contribution in [-0.2, 0) is 27.7 Å². The summed E-state index contributed by atoms with van der Waals surface area (Å²) in [5.74, 6) is 0. The van der Waals surface area contributed by atoms with E-state index in [1.165, 1.54) is 0 Å². The van der Waals surface area contributed by atoms with Crippen LogP contribution in [0.15, 0.2) is 0 Å². The molecule has 5 heavy (non-hydrogen) atoms. The first-order valence-corrected chi connectivity index (χ1v) is 0.548. The maximum atomic E-state index is 8.25. The van der Waals surface area contributed by atoms with Crippen molar-refractivity contribution in [2.45, 2.75) is 0 Å². The van der Waals surface area contributed by atoms with Crippen molar-refractivity contribution in [3.63, 3.8) is 0 Å². The molecule has 0 rings (SSSR count). The Labute approximate surface area is 48.4 Å². The number of hydrogen-bond acceptors (Lipinski definition) is 3. The van der Waals surface area contributed by atoms with Crippen molar-refractivity contribution in [2.75, 3.05) is 0 Å². The second kappa shape index (κ2) is 4.14. The van der Waals surface area contributed by atoms with E-state index in [4.69, 9.17) is 15.3 Å². The van der Waals surface area contributed by atoms with Crippen LogP contribution in [-0.4, -0.2) is 5.09 Å². The fourth-order valence-electron chi connectivity index (χ4n) is 0. The summed E-state index contributed by atoms with van der Waals surface area (Å²) < 4.78 is 0. The van der Waals surface area contributed by atoms with Crippen LogP contribution < -0.4 is 0 Å². The second-order valence-corrected chi connectivity index (χ2v) is 0.224. The molecule has 0 aromatic heterocycles. The molecule has 0 saturated heterocycles. The van der Waals surface area contributed by atoms with Crippen molar-refractivity contribution >= 4 is 0 Å². The second-order valence-electron chi connectivity index (χ2n) is 0.224. The van der Waals surface area contributed by atoms with Crippen LogP contribution in [0.1, 0.15) is 0 Å². The third kappa shape index (κ3) is 1030. The topological polar surface area (TPSA) is 66.2 Å². The summed E-state index contributed by atoms with van der Waals surface area (Å²) in [5.41, 5.74) is 0. The van der Waals surface area contributed by atoms with E-state index in [-0.39, 0.29) is 27.7 Å². The van der Waals surface area contributed by atoms with E-state index in [0.717, 1.165) is 0 Å². The molecule has 5 heteroatoms. The van der Waals surface area contributed by atoms with Crippen molar-refractivity contribution in [2.24, 2.45) is 0 Å². The van der Waals surface area contributed by atoms with Crippen LogP contribution in [0.25, 0.3) is 0 Å². The quantitative estimate of drug-likeness (QED) is 0.344. The zero-order chi connectivity index (χ0) is 3.58. The monoisotopic (exact) mass is 264 g/mol. The molecule has 0 heterocycles. The van der Waals surface area contributed by atoms with Gasteiger partial charge in [-0.15, -0.1) is 0 Å². The van der Waals surface area contributed by atoms with Crippen LogP contribution in [0, 0.1) is 15.3 Å². The smallest absolute Gasteiger partial charge is 0.356 e. The molecule has 24 valence electrons. The Morgan fingerprint density at radius 2 is 1.40 bits per heavy atom. The Bertz CT molecular complexity index is 29.9. The maximum Gasteiger partial charge on any atom is 2.00 e. The largest absolute Gasteiger partial charge is 2.00 e. The van der Waals surface area contributed by atoms with Gasteiger partial charge >= 0.3 is 27.7 Å². The van der Waals surface area contributed by atoms with Crippen molar-refractivity contribution in [3.05, 3.63) is 15.3 Å². The Kier molecular flexibility index (Phi) is 7.39. The summed E-state index contributed by atoms with van der Waals surface area (Å²) in [6, 6.07) is 0. The number of nitrogens with zero attached hydrogens (tertiary/aromatic N) is 1. The van der Waals surface area contributed by atoms with E-state index >= 15 is 0 Å². The molecular weight excluding hydrogens is 263 g/mol. The Morgan fingerprint density at radius 1 is 1.40 bits per heavy atom. The minimum Gasteiger partial charge on any atom is -0.356 e. The molecule has 4 nitrogen and oxygen atoms in total. The summed E-state index contributed by atoms with van der Waals surface area (Å²) in [6.07, 6.45) is 0. The molecule has 0 aromatic rings. The van der Waals surface area contributed by atoms with Crippen molar-refractivity contribution in [1.82, 2.24) is 0 Å². The molecule has 0 aliphatic heterocycles. The summed E-state index contributed by atoms with van der Waals surface area (Å²) in [4.78, 5) is 8.25. The van der Waals surface area contributed by atoms with Crippen LogP contribution >= 0.6 is 0 Å². The maximum absolute atomic E-state index is 8.25. The minimum atomic E-state index is -1.75. The third-order valence-corrected chi connectivity index (χ3v) is 0. The predicted molar refractivity (Wildman–Crippen MR) is 10.4 cm³/mol. The zero-order valence-corrected chi connectivity index (χ0v) is 7.88.